The van der Waals surface area contributed by atoms with Gasteiger partial charge in [0.2, 0.25) is 0 Å². The molecule has 1 aromatic heterocycles. The lowest BCUT2D eigenvalue weighted by molar-refractivity contribution is 0.0697. The summed E-state index contributed by atoms with van der Waals surface area (Å²) >= 11 is 0. The first-order valence-corrected chi connectivity index (χ1v) is 10.6. The lowest BCUT2D eigenvalue weighted by Crippen LogP contribution is -2.22. The highest BCUT2D eigenvalue weighted by Gasteiger charge is 2.30. The number of aromatic nitrogens is 1. The van der Waals surface area contributed by atoms with Crippen LogP contribution in [-0.2, 0) is 6.54 Å². The van der Waals surface area contributed by atoms with Gasteiger partial charge in [-0.25, -0.2) is 14.2 Å². The summed E-state index contributed by atoms with van der Waals surface area (Å²) in [6.07, 6.45) is 11.0. The van der Waals surface area contributed by atoms with Gasteiger partial charge in [-0.3, -0.25) is 0 Å². The van der Waals surface area contributed by atoms with Crippen molar-refractivity contribution in [2.24, 2.45) is 5.92 Å². The molecular weight excluding hydrogens is 393 g/mol. The average Bonchev–Trinajstić information content (AvgIpc) is 3.50. The lowest BCUT2D eigenvalue weighted by atomic mass is 9.91. The molecule has 1 atom stereocenters. The van der Waals surface area contributed by atoms with Crippen LogP contribution in [0.3, 0.4) is 0 Å². The summed E-state index contributed by atoms with van der Waals surface area (Å²) in [5, 5.41) is 12.9. The zero-order chi connectivity index (χ0) is 21.5. The molecule has 0 amide bonds. The van der Waals surface area contributed by atoms with Crippen molar-refractivity contribution in [3.8, 4) is 0 Å². The number of halogens is 1. The molecule has 5 rings (SSSR count). The molecule has 0 spiro atoms. The third-order valence-corrected chi connectivity index (χ3v) is 6.10. The summed E-state index contributed by atoms with van der Waals surface area (Å²) in [5.74, 6) is -0.164. The summed E-state index contributed by atoms with van der Waals surface area (Å²) in [6, 6.07) is 8.42. The second-order valence-electron chi connectivity index (χ2n) is 8.52. The molecule has 0 bridgehead atoms. The molecule has 0 radical (unpaired) electrons. The normalized spacial score (nSPS) is 20.0. The summed E-state index contributed by atoms with van der Waals surface area (Å²) < 4.78 is 13.6. The molecule has 2 aromatic rings. The average molecular weight is 417 g/mol. The quantitative estimate of drug-likeness (QED) is 0.657. The van der Waals surface area contributed by atoms with Gasteiger partial charge in [-0.15, -0.1) is 0 Å². The van der Waals surface area contributed by atoms with Gasteiger partial charge in [-0.2, -0.15) is 0 Å². The van der Waals surface area contributed by atoms with Gasteiger partial charge in [0.1, 0.15) is 17.2 Å². The third kappa shape index (κ3) is 3.98. The Labute approximate surface area is 180 Å². The first-order valence-electron chi connectivity index (χ1n) is 10.6. The Kier molecular flexibility index (Phi) is 4.85. The van der Waals surface area contributed by atoms with E-state index in [-0.39, 0.29) is 17.3 Å². The molecule has 0 saturated heterocycles. The first kappa shape index (κ1) is 19.5. The van der Waals surface area contributed by atoms with Crippen molar-refractivity contribution < 1.29 is 14.3 Å². The highest BCUT2D eigenvalue weighted by atomic mass is 19.1. The summed E-state index contributed by atoms with van der Waals surface area (Å²) in [5.41, 5.74) is 5.39. The number of fused-ring (bicyclic) bond motifs is 1. The standard InChI is InChI=1S/C25H24FN3O2/c1-15-9-21(28-24-22(25(30)31)12-19(13-27-24)17-5-6-17)11-18-7-8-29(23(15)18)14-16-3-2-4-20(26)10-16/h2-4,7-10,12-13,17-18H,5-6,11,14H2,1H3,(H,27,28)(H,30,31). The number of pyridine rings is 1. The molecule has 2 N–H and O–H groups in total. The molecule has 1 fully saturated rings. The van der Waals surface area contributed by atoms with Crippen LogP contribution in [0.2, 0.25) is 0 Å². The predicted octanol–water partition coefficient (Wildman–Crippen LogP) is 5.42. The maximum atomic E-state index is 13.6. The van der Waals surface area contributed by atoms with E-state index in [0.717, 1.165) is 41.7 Å². The van der Waals surface area contributed by atoms with Gasteiger partial charge in [-0.1, -0.05) is 18.2 Å². The van der Waals surface area contributed by atoms with Crippen LogP contribution in [0.1, 0.15) is 53.6 Å². The monoisotopic (exact) mass is 417 g/mol. The Hall–Kier alpha value is -3.41. The molecule has 3 aliphatic rings. The van der Waals surface area contributed by atoms with Gasteiger partial charge in [0, 0.05) is 36.3 Å². The van der Waals surface area contributed by atoms with Crippen LogP contribution in [0, 0.1) is 11.7 Å². The van der Waals surface area contributed by atoms with E-state index in [1.165, 1.54) is 11.8 Å². The smallest absolute Gasteiger partial charge is 0.339 e. The van der Waals surface area contributed by atoms with Crippen molar-refractivity contribution in [2.75, 3.05) is 5.32 Å². The summed E-state index contributed by atoms with van der Waals surface area (Å²) in [7, 11) is 0. The summed E-state index contributed by atoms with van der Waals surface area (Å²) in [6.45, 7) is 2.66. The second kappa shape index (κ2) is 7.69. The highest BCUT2D eigenvalue weighted by Crippen LogP contribution is 2.41. The number of nitrogens with one attached hydrogen (secondary N) is 1. The molecule has 2 aliphatic carbocycles. The predicted molar refractivity (Wildman–Crippen MR) is 117 cm³/mol. The zero-order valence-corrected chi connectivity index (χ0v) is 17.3. The molecule has 1 saturated carbocycles. The number of hydrogen-bond donors (Lipinski definition) is 2. The van der Waals surface area contributed by atoms with E-state index in [1.54, 1.807) is 24.4 Å². The van der Waals surface area contributed by atoms with Crippen molar-refractivity contribution in [1.29, 1.82) is 0 Å². The summed E-state index contributed by atoms with van der Waals surface area (Å²) in [4.78, 5) is 18.4. The number of aromatic carboxylic acids is 1. The minimum absolute atomic E-state index is 0.195. The Morgan fingerprint density at radius 1 is 1.32 bits per heavy atom. The molecule has 5 nitrogen and oxygen atoms in total. The molecule has 6 heteroatoms. The van der Waals surface area contributed by atoms with Crippen LogP contribution in [0.15, 0.2) is 71.8 Å². The highest BCUT2D eigenvalue weighted by molar-refractivity contribution is 5.93. The molecule has 158 valence electrons. The molecular formula is C25H24FN3O2. The Morgan fingerprint density at radius 3 is 2.90 bits per heavy atom. The SMILES string of the molecule is CC1=C2C(C=CN2Cc2cccc(F)c2)CC(Nc2ncc(C3CC3)cc2C(=O)O)=C1. The van der Waals surface area contributed by atoms with E-state index in [4.69, 9.17) is 0 Å². The van der Waals surface area contributed by atoms with Gasteiger partial charge in [-0.05, 0) is 73.1 Å². The Balaban J connectivity index is 1.38. The van der Waals surface area contributed by atoms with Gasteiger partial charge >= 0.3 is 5.97 Å². The number of nitrogens with zero attached hydrogens (tertiary/aromatic N) is 2. The number of carbonyl (C=O) groups is 1. The third-order valence-electron chi connectivity index (χ3n) is 6.10. The van der Waals surface area contributed by atoms with Gasteiger partial charge in [0.15, 0.2) is 0 Å². The number of hydrogen-bond acceptors (Lipinski definition) is 4. The molecule has 1 aromatic carbocycles. The van der Waals surface area contributed by atoms with E-state index < -0.39 is 5.97 Å². The Morgan fingerprint density at radius 2 is 2.16 bits per heavy atom. The van der Waals surface area contributed by atoms with E-state index in [9.17, 15) is 14.3 Å². The fourth-order valence-electron chi connectivity index (χ4n) is 4.50. The van der Waals surface area contributed by atoms with E-state index in [1.807, 2.05) is 6.07 Å². The van der Waals surface area contributed by atoms with Crippen molar-refractivity contribution >= 4 is 11.8 Å². The lowest BCUT2D eigenvalue weighted by Gasteiger charge is -2.28. The first-order chi connectivity index (χ1) is 15.0. The van der Waals surface area contributed by atoms with Crippen molar-refractivity contribution in [3.05, 3.63) is 94.4 Å². The largest absolute Gasteiger partial charge is 0.478 e. The van der Waals surface area contributed by atoms with Crippen LogP contribution in [0.4, 0.5) is 10.2 Å². The minimum Gasteiger partial charge on any atom is -0.478 e. The van der Waals surface area contributed by atoms with Gasteiger partial charge in [0.05, 0.1) is 0 Å². The van der Waals surface area contributed by atoms with Crippen molar-refractivity contribution in [1.82, 2.24) is 9.88 Å². The Bertz CT molecular complexity index is 1150. The van der Waals surface area contributed by atoms with Gasteiger partial charge in [0.25, 0.3) is 0 Å². The maximum Gasteiger partial charge on any atom is 0.339 e. The fraction of sp³-hybridized carbons (Fsp3) is 0.280. The molecule has 31 heavy (non-hydrogen) atoms. The van der Waals surface area contributed by atoms with Crippen LogP contribution in [0.25, 0.3) is 0 Å². The number of rotatable bonds is 6. The van der Waals surface area contributed by atoms with Gasteiger partial charge < -0.3 is 15.3 Å². The number of carboxylic acids is 1. The molecule has 1 unspecified atom stereocenters. The van der Waals surface area contributed by atoms with E-state index in [2.05, 4.69) is 40.5 Å². The number of anilines is 1. The van der Waals surface area contributed by atoms with Crippen LogP contribution < -0.4 is 5.32 Å². The van der Waals surface area contributed by atoms with Crippen molar-refractivity contribution in [3.63, 3.8) is 0 Å². The topological polar surface area (TPSA) is 65.5 Å². The zero-order valence-electron chi connectivity index (χ0n) is 17.3. The second-order valence-corrected chi connectivity index (χ2v) is 8.52. The fourth-order valence-corrected chi connectivity index (χ4v) is 4.50. The number of carboxylic acid groups (broad SMARTS) is 1. The van der Waals surface area contributed by atoms with E-state index in [0.29, 0.717) is 18.3 Å². The molecule has 2 heterocycles. The van der Waals surface area contributed by atoms with Crippen molar-refractivity contribution in [2.45, 2.75) is 38.6 Å². The maximum absolute atomic E-state index is 13.6. The van der Waals surface area contributed by atoms with Crippen LogP contribution in [-0.4, -0.2) is 21.0 Å². The number of allylic oxidation sites excluding steroid dienone is 4. The van der Waals surface area contributed by atoms with Crippen LogP contribution >= 0.6 is 0 Å². The molecule has 1 aliphatic heterocycles. The minimum atomic E-state index is -0.969. The number of benzene rings is 1. The van der Waals surface area contributed by atoms with Crippen LogP contribution in [0.5, 0.6) is 0 Å². The van der Waals surface area contributed by atoms with E-state index >= 15 is 0 Å².